The first-order valence-electron chi connectivity index (χ1n) is 6.09. The SMILES string of the molecule is Cc1n[nH]c(C)c1NC(=O)NC(CCS(C)(=O)=O)C(=O)O. The van der Waals surface area contributed by atoms with Crippen LogP contribution in [0.3, 0.4) is 0 Å². The summed E-state index contributed by atoms with van der Waals surface area (Å²) in [7, 11) is -3.30. The Balaban J connectivity index is 2.67. The van der Waals surface area contributed by atoms with E-state index in [4.69, 9.17) is 5.11 Å². The molecule has 0 saturated carbocycles. The van der Waals surface area contributed by atoms with Crippen LogP contribution in [0.4, 0.5) is 10.5 Å². The third-order valence-corrected chi connectivity index (χ3v) is 3.72. The number of anilines is 1. The molecule has 4 N–H and O–H groups in total. The Labute approximate surface area is 122 Å². The van der Waals surface area contributed by atoms with Gasteiger partial charge in [0.15, 0.2) is 0 Å². The Morgan fingerprint density at radius 2 is 2.00 bits per heavy atom. The number of sulfone groups is 1. The van der Waals surface area contributed by atoms with Crippen molar-refractivity contribution in [3.8, 4) is 0 Å². The van der Waals surface area contributed by atoms with E-state index in [1.807, 2.05) is 0 Å². The quantitative estimate of drug-likeness (QED) is 0.583. The summed E-state index contributed by atoms with van der Waals surface area (Å²) in [6.45, 7) is 3.38. The van der Waals surface area contributed by atoms with Crippen molar-refractivity contribution >= 4 is 27.5 Å². The lowest BCUT2D eigenvalue weighted by atomic mass is 10.2. The van der Waals surface area contributed by atoms with Crippen molar-refractivity contribution in [2.75, 3.05) is 17.3 Å². The van der Waals surface area contributed by atoms with E-state index in [-0.39, 0.29) is 12.2 Å². The first kappa shape index (κ1) is 17.0. The summed E-state index contributed by atoms with van der Waals surface area (Å²) in [5.74, 6) is -1.62. The van der Waals surface area contributed by atoms with E-state index in [1.165, 1.54) is 0 Å². The van der Waals surface area contributed by atoms with E-state index in [9.17, 15) is 18.0 Å². The zero-order valence-electron chi connectivity index (χ0n) is 11.9. The maximum absolute atomic E-state index is 11.8. The van der Waals surface area contributed by atoms with Gasteiger partial charge in [-0.3, -0.25) is 5.10 Å². The van der Waals surface area contributed by atoms with E-state index in [0.717, 1.165) is 6.26 Å². The third kappa shape index (κ3) is 5.42. The smallest absolute Gasteiger partial charge is 0.326 e. The number of amides is 2. The zero-order chi connectivity index (χ0) is 16.2. The van der Waals surface area contributed by atoms with Crippen LogP contribution in [0.2, 0.25) is 0 Å². The Morgan fingerprint density at radius 1 is 1.38 bits per heavy atom. The molecule has 1 heterocycles. The van der Waals surface area contributed by atoms with Crippen molar-refractivity contribution in [1.82, 2.24) is 15.5 Å². The molecule has 1 rings (SSSR count). The maximum atomic E-state index is 11.8. The average Bonchev–Trinajstić information content (AvgIpc) is 2.64. The maximum Gasteiger partial charge on any atom is 0.326 e. The number of aryl methyl sites for hydroxylation is 2. The van der Waals surface area contributed by atoms with Gasteiger partial charge in [0, 0.05) is 6.26 Å². The van der Waals surface area contributed by atoms with Crippen LogP contribution >= 0.6 is 0 Å². The number of carbonyl (C=O) groups is 2. The van der Waals surface area contributed by atoms with Crippen molar-refractivity contribution in [2.45, 2.75) is 26.3 Å². The summed E-state index contributed by atoms with van der Waals surface area (Å²) in [6, 6.07) is -2.02. The normalized spacial score (nSPS) is 12.7. The van der Waals surface area contributed by atoms with Crippen molar-refractivity contribution in [3.05, 3.63) is 11.4 Å². The van der Waals surface area contributed by atoms with Crippen molar-refractivity contribution in [3.63, 3.8) is 0 Å². The topological polar surface area (TPSA) is 141 Å². The predicted molar refractivity (Wildman–Crippen MR) is 76.0 cm³/mol. The molecule has 1 unspecified atom stereocenters. The van der Waals surface area contributed by atoms with Crippen LogP contribution in [0, 0.1) is 13.8 Å². The average molecular weight is 318 g/mol. The Bertz CT molecular complexity index is 618. The predicted octanol–water partition coefficient (Wildman–Crippen LogP) is 0.0359. The van der Waals surface area contributed by atoms with Crippen LogP contribution in [0.15, 0.2) is 0 Å². The van der Waals surface area contributed by atoms with Crippen LogP contribution in [0.1, 0.15) is 17.8 Å². The molecule has 0 spiro atoms. The minimum absolute atomic E-state index is 0.203. The summed E-state index contributed by atoms with van der Waals surface area (Å²) in [4.78, 5) is 22.8. The molecule has 1 aromatic rings. The fraction of sp³-hybridized carbons (Fsp3) is 0.545. The summed E-state index contributed by atoms with van der Waals surface area (Å²) >= 11 is 0. The van der Waals surface area contributed by atoms with Gasteiger partial charge in [0.05, 0.1) is 22.8 Å². The molecule has 0 radical (unpaired) electrons. The molecule has 0 aliphatic heterocycles. The molecule has 1 aromatic heterocycles. The van der Waals surface area contributed by atoms with E-state index >= 15 is 0 Å². The fourth-order valence-electron chi connectivity index (χ4n) is 1.63. The Kier molecular flexibility index (Phi) is 5.30. The molecule has 0 bridgehead atoms. The van der Waals surface area contributed by atoms with Gasteiger partial charge < -0.3 is 15.7 Å². The molecule has 0 aromatic carbocycles. The van der Waals surface area contributed by atoms with Crippen molar-refractivity contribution in [1.29, 1.82) is 0 Å². The van der Waals surface area contributed by atoms with E-state index in [0.29, 0.717) is 17.1 Å². The molecular weight excluding hydrogens is 300 g/mol. The van der Waals surface area contributed by atoms with E-state index < -0.39 is 27.9 Å². The Hall–Kier alpha value is -2.10. The lowest BCUT2D eigenvalue weighted by Crippen LogP contribution is -2.44. The molecule has 0 aliphatic carbocycles. The fourth-order valence-corrected chi connectivity index (χ4v) is 2.30. The summed E-state index contributed by atoms with van der Waals surface area (Å²) in [6.07, 6.45) is 0.801. The monoisotopic (exact) mass is 318 g/mol. The molecule has 118 valence electrons. The van der Waals surface area contributed by atoms with Crippen molar-refractivity contribution < 1.29 is 23.1 Å². The van der Waals surface area contributed by atoms with Gasteiger partial charge in [0.2, 0.25) is 0 Å². The number of carboxylic acid groups (broad SMARTS) is 1. The largest absolute Gasteiger partial charge is 0.480 e. The number of aromatic amines is 1. The first-order valence-corrected chi connectivity index (χ1v) is 8.16. The molecule has 0 saturated heterocycles. The second kappa shape index (κ2) is 6.57. The molecule has 10 heteroatoms. The number of H-pyrrole nitrogens is 1. The molecular formula is C11H18N4O5S. The lowest BCUT2D eigenvalue weighted by molar-refractivity contribution is -0.139. The molecule has 0 fully saturated rings. The molecule has 9 nitrogen and oxygen atoms in total. The zero-order valence-corrected chi connectivity index (χ0v) is 12.7. The lowest BCUT2D eigenvalue weighted by Gasteiger charge is -2.14. The van der Waals surface area contributed by atoms with Crippen LogP contribution < -0.4 is 10.6 Å². The van der Waals surface area contributed by atoms with E-state index in [1.54, 1.807) is 13.8 Å². The summed E-state index contributed by atoms with van der Waals surface area (Å²) < 4.78 is 22.1. The van der Waals surface area contributed by atoms with Gasteiger partial charge in [-0.25, -0.2) is 18.0 Å². The number of nitrogens with zero attached hydrogens (tertiary/aromatic N) is 1. The number of aliphatic carboxylic acids is 1. The number of rotatable bonds is 6. The number of carboxylic acids is 1. The van der Waals surface area contributed by atoms with Gasteiger partial charge in [-0.05, 0) is 20.3 Å². The standard InChI is InChI=1S/C11H18N4O5S/c1-6-9(7(2)15-14-6)13-11(18)12-8(10(16)17)4-5-21(3,19)20/h8H,4-5H2,1-3H3,(H,14,15)(H,16,17)(H2,12,13,18). The van der Waals surface area contributed by atoms with Crippen LogP contribution in [-0.2, 0) is 14.6 Å². The molecule has 0 aliphatic rings. The van der Waals surface area contributed by atoms with Crippen LogP contribution in [0.5, 0.6) is 0 Å². The highest BCUT2D eigenvalue weighted by molar-refractivity contribution is 7.90. The highest BCUT2D eigenvalue weighted by atomic mass is 32.2. The van der Waals surface area contributed by atoms with Gasteiger partial charge in [-0.2, -0.15) is 5.10 Å². The third-order valence-electron chi connectivity index (χ3n) is 2.75. The van der Waals surface area contributed by atoms with Crippen LogP contribution in [0.25, 0.3) is 0 Å². The second-order valence-corrected chi connectivity index (χ2v) is 6.98. The highest BCUT2D eigenvalue weighted by Gasteiger charge is 2.22. The van der Waals surface area contributed by atoms with Crippen LogP contribution in [-0.4, -0.2) is 53.8 Å². The minimum atomic E-state index is -3.30. The van der Waals surface area contributed by atoms with Gasteiger partial charge in [-0.15, -0.1) is 0 Å². The number of aromatic nitrogens is 2. The number of urea groups is 1. The van der Waals surface area contributed by atoms with Gasteiger partial charge >= 0.3 is 12.0 Å². The molecule has 1 atom stereocenters. The summed E-state index contributed by atoms with van der Waals surface area (Å²) in [5.41, 5.74) is 1.65. The Morgan fingerprint density at radius 3 is 2.43 bits per heavy atom. The molecule has 2 amide bonds. The highest BCUT2D eigenvalue weighted by Crippen LogP contribution is 2.15. The van der Waals surface area contributed by atoms with Gasteiger partial charge in [-0.1, -0.05) is 0 Å². The van der Waals surface area contributed by atoms with Crippen molar-refractivity contribution in [2.24, 2.45) is 0 Å². The number of nitrogens with one attached hydrogen (secondary N) is 3. The van der Waals surface area contributed by atoms with E-state index in [2.05, 4.69) is 20.8 Å². The van der Waals surface area contributed by atoms with Gasteiger partial charge in [0.25, 0.3) is 0 Å². The number of carbonyl (C=O) groups excluding carboxylic acids is 1. The minimum Gasteiger partial charge on any atom is -0.480 e. The number of hydrogen-bond acceptors (Lipinski definition) is 5. The number of hydrogen-bond donors (Lipinski definition) is 4. The van der Waals surface area contributed by atoms with Gasteiger partial charge in [0.1, 0.15) is 15.9 Å². The second-order valence-electron chi connectivity index (χ2n) is 4.72. The first-order chi connectivity index (χ1) is 9.60. The summed E-state index contributed by atoms with van der Waals surface area (Å²) in [5, 5.41) is 20.3. The molecule has 21 heavy (non-hydrogen) atoms.